The number of carbonyl (C=O) groups is 1. The number of rotatable bonds is 5. The van der Waals surface area contributed by atoms with Gasteiger partial charge in [0.25, 0.3) is 0 Å². The number of benzene rings is 1. The van der Waals surface area contributed by atoms with Crippen LogP contribution in [0.2, 0.25) is 5.02 Å². The molecule has 0 bridgehead atoms. The minimum Gasteiger partial charge on any atom is -0.355 e. The van der Waals surface area contributed by atoms with E-state index in [1.807, 2.05) is 12.1 Å². The first-order valence-electron chi connectivity index (χ1n) is 7.87. The van der Waals surface area contributed by atoms with E-state index in [1.54, 1.807) is 0 Å². The Hall–Kier alpha value is -0.770. The van der Waals surface area contributed by atoms with Gasteiger partial charge in [0.2, 0.25) is 5.91 Å². The van der Waals surface area contributed by atoms with Crippen molar-refractivity contribution in [3.8, 4) is 0 Å². The molecule has 0 spiro atoms. The van der Waals surface area contributed by atoms with Crippen LogP contribution in [0.4, 0.5) is 0 Å². The zero-order valence-electron chi connectivity index (χ0n) is 12.7. The summed E-state index contributed by atoms with van der Waals surface area (Å²) in [5.74, 6) is 0.522. The van der Waals surface area contributed by atoms with E-state index in [1.165, 1.54) is 5.56 Å². The van der Waals surface area contributed by atoms with Crippen molar-refractivity contribution in [1.82, 2.24) is 5.32 Å². The van der Waals surface area contributed by atoms with E-state index in [4.69, 9.17) is 17.3 Å². The van der Waals surface area contributed by atoms with Crippen LogP contribution in [-0.2, 0) is 10.2 Å². The van der Waals surface area contributed by atoms with Crippen molar-refractivity contribution in [3.63, 3.8) is 0 Å². The highest BCUT2D eigenvalue weighted by Crippen LogP contribution is 2.47. The fraction of sp³-hybridized carbons (Fsp3) is 0.588. The highest BCUT2D eigenvalue weighted by molar-refractivity contribution is 6.30. The summed E-state index contributed by atoms with van der Waals surface area (Å²) >= 11 is 5.94. The van der Waals surface area contributed by atoms with Crippen LogP contribution in [-0.4, -0.2) is 18.5 Å². The number of carbonyl (C=O) groups excluding carboxylic acids is 1. The van der Waals surface area contributed by atoms with Crippen molar-refractivity contribution in [2.75, 3.05) is 6.54 Å². The standard InChI is InChI=1S/C17H23ClN2O.ClH/c18-14-6-4-13(5-7-14)17(8-9-17)11-20-16(21)10-12-2-1-3-15(12)19;/h4-7,12,15H,1-3,8-11,19H2,(H,20,21);1H/t12-,15+;/m0./s1. The van der Waals surface area contributed by atoms with E-state index >= 15 is 0 Å². The molecule has 3 N–H and O–H groups in total. The third kappa shape index (κ3) is 3.95. The van der Waals surface area contributed by atoms with Crippen LogP contribution in [0.15, 0.2) is 24.3 Å². The molecular formula is C17H24Cl2N2O. The second-order valence-electron chi connectivity index (χ2n) is 6.62. The average Bonchev–Trinajstić information content (AvgIpc) is 3.16. The maximum atomic E-state index is 12.1. The van der Waals surface area contributed by atoms with Crippen molar-refractivity contribution < 1.29 is 4.79 Å². The van der Waals surface area contributed by atoms with Crippen LogP contribution in [0.25, 0.3) is 0 Å². The summed E-state index contributed by atoms with van der Waals surface area (Å²) in [5, 5.41) is 3.88. The van der Waals surface area contributed by atoms with E-state index < -0.39 is 0 Å². The minimum atomic E-state index is 0. The topological polar surface area (TPSA) is 55.1 Å². The third-order valence-electron chi connectivity index (χ3n) is 5.10. The second kappa shape index (κ2) is 7.20. The highest BCUT2D eigenvalue weighted by Gasteiger charge is 2.44. The molecule has 2 saturated carbocycles. The van der Waals surface area contributed by atoms with Crippen molar-refractivity contribution in [2.24, 2.45) is 11.7 Å². The minimum absolute atomic E-state index is 0. The molecule has 2 atom stereocenters. The number of amides is 1. The average molecular weight is 343 g/mol. The molecule has 2 aliphatic carbocycles. The number of hydrogen-bond donors (Lipinski definition) is 2. The molecule has 1 amide bonds. The smallest absolute Gasteiger partial charge is 0.220 e. The van der Waals surface area contributed by atoms with Gasteiger partial charge in [0, 0.05) is 29.4 Å². The summed E-state index contributed by atoms with van der Waals surface area (Å²) in [6.07, 6.45) is 6.17. The molecule has 2 aliphatic rings. The molecular weight excluding hydrogens is 319 g/mol. The Bertz CT molecular complexity index is 514. The van der Waals surface area contributed by atoms with Gasteiger partial charge in [-0.2, -0.15) is 0 Å². The van der Waals surface area contributed by atoms with Crippen molar-refractivity contribution in [3.05, 3.63) is 34.9 Å². The van der Waals surface area contributed by atoms with Gasteiger partial charge in [-0.05, 0) is 49.3 Å². The number of nitrogens with two attached hydrogens (primary N) is 1. The second-order valence-corrected chi connectivity index (χ2v) is 7.06. The van der Waals surface area contributed by atoms with Gasteiger partial charge < -0.3 is 11.1 Å². The molecule has 22 heavy (non-hydrogen) atoms. The van der Waals surface area contributed by atoms with Crippen LogP contribution in [0, 0.1) is 5.92 Å². The van der Waals surface area contributed by atoms with Gasteiger partial charge in [-0.15, -0.1) is 12.4 Å². The molecule has 3 rings (SSSR count). The zero-order chi connectivity index (χ0) is 14.9. The summed E-state index contributed by atoms with van der Waals surface area (Å²) in [4.78, 5) is 12.1. The lowest BCUT2D eigenvalue weighted by atomic mass is 9.95. The monoisotopic (exact) mass is 342 g/mol. The first-order chi connectivity index (χ1) is 10.1. The van der Waals surface area contributed by atoms with Gasteiger partial charge in [0.05, 0.1) is 0 Å². The summed E-state index contributed by atoms with van der Waals surface area (Å²) in [6, 6.07) is 8.22. The van der Waals surface area contributed by atoms with E-state index in [0.29, 0.717) is 12.3 Å². The largest absolute Gasteiger partial charge is 0.355 e. The lowest BCUT2D eigenvalue weighted by Crippen LogP contribution is -2.35. The van der Waals surface area contributed by atoms with Crippen LogP contribution in [0.5, 0.6) is 0 Å². The highest BCUT2D eigenvalue weighted by atomic mass is 35.5. The predicted octanol–water partition coefficient (Wildman–Crippen LogP) is 3.43. The summed E-state index contributed by atoms with van der Waals surface area (Å²) < 4.78 is 0. The Morgan fingerprint density at radius 2 is 1.95 bits per heavy atom. The Labute approximate surface area is 143 Å². The van der Waals surface area contributed by atoms with Gasteiger partial charge in [-0.1, -0.05) is 30.2 Å². The molecule has 0 radical (unpaired) electrons. The first kappa shape index (κ1) is 17.6. The van der Waals surface area contributed by atoms with Crippen molar-refractivity contribution in [2.45, 2.75) is 50.0 Å². The molecule has 3 nitrogen and oxygen atoms in total. The Kier molecular flexibility index (Phi) is 5.76. The SMILES string of the molecule is Cl.N[C@@H]1CCC[C@H]1CC(=O)NCC1(c2ccc(Cl)cc2)CC1. The first-order valence-corrected chi connectivity index (χ1v) is 8.25. The van der Waals surface area contributed by atoms with Crippen LogP contribution in [0.3, 0.4) is 0 Å². The fourth-order valence-electron chi connectivity index (χ4n) is 3.42. The van der Waals surface area contributed by atoms with E-state index in [2.05, 4.69) is 17.4 Å². The Morgan fingerprint density at radius 1 is 1.27 bits per heavy atom. The van der Waals surface area contributed by atoms with E-state index in [9.17, 15) is 4.79 Å². The molecule has 0 aromatic heterocycles. The lowest BCUT2D eigenvalue weighted by Gasteiger charge is -2.19. The number of hydrogen-bond acceptors (Lipinski definition) is 2. The predicted molar refractivity (Wildman–Crippen MR) is 92.6 cm³/mol. The van der Waals surface area contributed by atoms with Crippen LogP contribution >= 0.6 is 24.0 Å². The zero-order valence-corrected chi connectivity index (χ0v) is 14.3. The van der Waals surface area contributed by atoms with Crippen LogP contribution in [0.1, 0.15) is 44.1 Å². The van der Waals surface area contributed by atoms with Gasteiger partial charge >= 0.3 is 0 Å². The Morgan fingerprint density at radius 3 is 2.50 bits per heavy atom. The Balaban J connectivity index is 0.00000176. The summed E-state index contributed by atoms with van der Waals surface area (Å²) in [5.41, 5.74) is 7.45. The van der Waals surface area contributed by atoms with Crippen molar-refractivity contribution >= 4 is 29.9 Å². The van der Waals surface area contributed by atoms with Gasteiger partial charge in [-0.3, -0.25) is 4.79 Å². The number of halogens is 2. The van der Waals surface area contributed by atoms with Gasteiger partial charge in [0.15, 0.2) is 0 Å². The van der Waals surface area contributed by atoms with Crippen LogP contribution < -0.4 is 11.1 Å². The third-order valence-corrected chi connectivity index (χ3v) is 5.35. The lowest BCUT2D eigenvalue weighted by molar-refractivity contribution is -0.122. The van der Waals surface area contributed by atoms with Gasteiger partial charge in [0.1, 0.15) is 0 Å². The quantitative estimate of drug-likeness (QED) is 0.861. The molecule has 0 saturated heterocycles. The van der Waals surface area contributed by atoms with Crippen molar-refractivity contribution in [1.29, 1.82) is 0 Å². The molecule has 0 unspecified atom stereocenters. The summed E-state index contributed by atoms with van der Waals surface area (Å²) in [6.45, 7) is 0.732. The molecule has 1 aromatic carbocycles. The maximum absolute atomic E-state index is 12.1. The number of nitrogens with one attached hydrogen (secondary N) is 1. The van der Waals surface area contributed by atoms with E-state index in [-0.39, 0.29) is 29.8 Å². The molecule has 5 heteroatoms. The molecule has 1 aromatic rings. The molecule has 0 aliphatic heterocycles. The van der Waals surface area contributed by atoms with Gasteiger partial charge in [-0.25, -0.2) is 0 Å². The summed E-state index contributed by atoms with van der Waals surface area (Å²) in [7, 11) is 0. The molecule has 2 fully saturated rings. The normalized spacial score (nSPS) is 25.4. The molecule has 122 valence electrons. The van der Waals surface area contributed by atoms with E-state index in [0.717, 1.165) is 43.7 Å². The molecule has 0 heterocycles. The fourth-order valence-corrected chi connectivity index (χ4v) is 3.54. The maximum Gasteiger partial charge on any atom is 0.220 e.